The molecule has 1 aliphatic rings. The number of rotatable bonds is 7. The van der Waals surface area contributed by atoms with Crippen LogP contribution in [0.1, 0.15) is 35.2 Å². The number of halogens is 1. The zero-order chi connectivity index (χ0) is 20.1. The molecule has 0 spiro atoms. The summed E-state index contributed by atoms with van der Waals surface area (Å²) >= 11 is 0. The third kappa shape index (κ3) is 5.32. The lowest BCUT2D eigenvalue weighted by Gasteiger charge is -2.17. The summed E-state index contributed by atoms with van der Waals surface area (Å²) in [5, 5.41) is 12.6. The fraction of sp³-hybridized carbons (Fsp3) is 0.381. The van der Waals surface area contributed by atoms with Gasteiger partial charge in [-0.05, 0) is 49.6 Å². The average Bonchev–Trinajstić information content (AvgIpc) is 3.12. The highest BCUT2D eigenvalue weighted by molar-refractivity contribution is 5.95. The number of ether oxygens (including phenoxy) is 3. The van der Waals surface area contributed by atoms with Gasteiger partial charge >= 0.3 is 0 Å². The Hall–Kier alpha value is -2.48. The summed E-state index contributed by atoms with van der Waals surface area (Å²) in [6.07, 6.45) is 1.72. The van der Waals surface area contributed by atoms with Crippen molar-refractivity contribution in [2.24, 2.45) is 5.73 Å². The van der Waals surface area contributed by atoms with Crippen molar-refractivity contribution in [3.8, 4) is 23.0 Å². The van der Waals surface area contributed by atoms with E-state index in [1.54, 1.807) is 31.4 Å². The van der Waals surface area contributed by atoms with E-state index in [1.165, 1.54) is 7.11 Å². The minimum Gasteiger partial charge on any atom is -0.496 e. The van der Waals surface area contributed by atoms with E-state index in [1.807, 2.05) is 12.1 Å². The summed E-state index contributed by atoms with van der Waals surface area (Å²) in [6.45, 7) is 0.242. The second-order valence-corrected chi connectivity index (χ2v) is 6.75. The quantitative estimate of drug-likeness (QED) is 0.633. The molecule has 1 aliphatic carbocycles. The van der Waals surface area contributed by atoms with Crippen LogP contribution in [0.3, 0.4) is 0 Å². The molecule has 2 aromatic carbocycles. The van der Waals surface area contributed by atoms with Gasteiger partial charge < -0.3 is 30.4 Å². The van der Waals surface area contributed by atoms with Crippen LogP contribution in [0.5, 0.6) is 23.0 Å². The Morgan fingerprint density at radius 3 is 2.45 bits per heavy atom. The average molecular weight is 423 g/mol. The Kier molecular flexibility index (Phi) is 8.13. The van der Waals surface area contributed by atoms with Crippen LogP contribution in [0, 0.1) is 0 Å². The number of hydrogen-bond acceptors (Lipinski definition) is 6. The SMILES string of the molecule is COc1ccc(C(=O)N[C@@H]2CC[C@H](O)C2)cc1Oc1cccc(OC)c1CN.Cl. The second-order valence-electron chi connectivity index (χ2n) is 6.75. The van der Waals surface area contributed by atoms with Crippen LogP contribution in [-0.2, 0) is 6.54 Å². The van der Waals surface area contributed by atoms with Gasteiger partial charge in [0.1, 0.15) is 11.5 Å². The number of carbonyl (C=O) groups excluding carboxylic acids is 1. The first kappa shape index (κ1) is 22.8. The van der Waals surface area contributed by atoms with Gasteiger partial charge in [-0.15, -0.1) is 12.4 Å². The Balaban J connectivity index is 0.00000300. The molecule has 0 unspecified atom stereocenters. The molecule has 8 heteroatoms. The maximum atomic E-state index is 12.6. The Bertz CT molecular complexity index is 846. The first-order valence-electron chi connectivity index (χ1n) is 9.26. The molecule has 0 heterocycles. The second kappa shape index (κ2) is 10.3. The molecule has 29 heavy (non-hydrogen) atoms. The van der Waals surface area contributed by atoms with Crippen LogP contribution < -0.4 is 25.3 Å². The molecule has 0 aliphatic heterocycles. The van der Waals surface area contributed by atoms with Crippen molar-refractivity contribution in [1.82, 2.24) is 5.32 Å². The van der Waals surface area contributed by atoms with E-state index >= 15 is 0 Å². The van der Waals surface area contributed by atoms with Gasteiger partial charge in [0, 0.05) is 18.2 Å². The highest BCUT2D eigenvalue weighted by Gasteiger charge is 2.25. The summed E-state index contributed by atoms with van der Waals surface area (Å²) in [5.41, 5.74) is 7.03. The van der Waals surface area contributed by atoms with Crippen LogP contribution in [0.25, 0.3) is 0 Å². The minimum atomic E-state index is -0.345. The molecule has 2 aromatic rings. The molecular formula is C21H27ClN2O5. The van der Waals surface area contributed by atoms with Gasteiger partial charge in [0.25, 0.3) is 5.91 Å². The van der Waals surface area contributed by atoms with Gasteiger partial charge in [-0.25, -0.2) is 0 Å². The maximum Gasteiger partial charge on any atom is 0.251 e. The fourth-order valence-corrected chi connectivity index (χ4v) is 3.41. The number of hydrogen-bond donors (Lipinski definition) is 3. The van der Waals surface area contributed by atoms with Gasteiger partial charge in [-0.3, -0.25) is 4.79 Å². The van der Waals surface area contributed by atoms with Crippen LogP contribution >= 0.6 is 12.4 Å². The molecule has 7 nitrogen and oxygen atoms in total. The molecule has 0 bridgehead atoms. The highest BCUT2D eigenvalue weighted by Crippen LogP contribution is 2.36. The zero-order valence-corrected chi connectivity index (χ0v) is 17.3. The Labute approximate surface area is 176 Å². The smallest absolute Gasteiger partial charge is 0.251 e. The molecule has 0 saturated heterocycles. The number of aliphatic hydroxyl groups excluding tert-OH is 1. The number of carbonyl (C=O) groups is 1. The van der Waals surface area contributed by atoms with E-state index in [9.17, 15) is 9.90 Å². The zero-order valence-electron chi connectivity index (χ0n) is 16.5. The molecule has 158 valence electrons. The lowest BCUT2D eigenvalue weighted by Crippen LogP contribution is -2.33. The normalized spacial score (nSPS) is 17.9. The van der Waals surface area contributed by atoms with Gasteiger partial charge in [0.15, 0.2) is 11.5 Å². The summed E-state index contributed by atoms with van der Waals surface area (Å²) in [4.78, 5) is 12.6. The fourth-order valence-electron chi connectivity index (χ4n) is 3.41. The summed E-state index contributed by atoms with van der Waals surface area (Å²) in [5.74, 6) is 1.86. The molecule has 1 amide bonds. The lowest BCUT2D eigenvalue weighted by atomic mass is 10.1. The third-order valence-electron chi connectivity index (χ3n) is 4.90. The lowest BCUT2D eigenvalue weighted by molar-refractivity contribution is 0.0933. The molecule has 0 aromatic heterocycles. The number of aliphatic hydroxyl groups is 1. The number of benzene rings is 2. The molecule has 1 fully saturated rings. The topological polar surface area (TPSA) is 103 Å². The van der Waals surface area contributed by atoms with Crippen molar-refractivity contribution in [2.45, 2.75) is 38.0 Å². The monoisotopic (exact) mass is 422 g/mol. The van der Waals surface area contributed by atoms with Crippen LogP contribution in [0.2, 0.25) is 0 Å². The van der Waals surface area contributed by atoms with Crippen LogP contribution in [-0.4, -0.2) is 37.4 Å². The highest BCUT2D eigenvalue weighted by atomic mass is 35.5. The van der Waals surface area contributed by atoms with Gasteiger partial charge in [0.2, 0.25) is 0 Å². The van der Waals surface area contributed by atoms with Gasteiger partial charge in [0.05, 0.1) is 25.9 Å². The molecule has 0 radical (unpaired) electrons. The molecule has 4 N–H and O–H groups in total. The molecule has 1 saturated carbocycles. The number of amides is 1. The van der Waals surface area contributed by atoms with E-state index in [0.717, 1.165) is 12.0 Å². The number of nitrogens with two attached hydrogens (primary N) is 1. The van der Waals surface area contributed by atoms with Crippen molar-refractivity contribution in [1.29, 1.82) is 0 Å². The van der Waals surface area contributed by atoms with E-state index in [2.05, 4.69) is 5.32 Å². The standard InChI is InChI=1S/C21H26N2O5.ClH/c1-26-17-4-3-5-18(16(17)12-22)28-20-10-13(6-9-19(20)27-2)21(25)23-14-7-8-15(24)11-14;/h3-6,9-10,14-15,24H,7-8,11-12,22H2,1-2H3,(H,23,25);1H/t14-,15+;/m1./s1. The predicted molar refractivity (Wildman–Crippen MR) is 112 cm³/mol. The van der Waals surface area contributed by atoms with Crippen molar-refractivity contribution >= 4 is 18.3 Å². The van der Waals surface area contributed by atoms with Gasteiger partial charge in [-0.2, -0.15) is 0 Å². The Morgan fingerprint density at radius 2 is 1.83 bits per heavy atom. The van der Waals surface area contributed by atoms with E-state index in [0.29, 0.717) is 41.4 Å². The van der Waals surface area contributed by atoms with E-state index < -0.39 is 0 Å². The van der Waals surface area contributed by atoms with E-state index in [-0.39, 0.29) is 37.0 Å². The van der Waals surface area contributed by atoms with Crippen molar-refractivity contribution in [3.63, 3.8) is 0 Å². The van der Waals surface area contributed by atoms with Crippen molar-refractivity contribution in [2.75, 3.05) is 14.2 Å². The van der Waals surface area contributed by atoms with E-state index in [4.69, 9.17) is 19.9 Å². The minimum absolute atomic E-state index is 0. The predicted octanol–water partition coefficient (Wildman–Crippen LogP) is 3.02. The first-order chi connectivity index (χ1) is 13.5. The van der Waals surface area contributed by atoms with Crippen molar-refractivity contribution in [3.05, 3.63) is 47.5 Å². The maximum absolute atomic E-state index is 12.6. The summed E-state index contributed by atoms with van der Waals surface area (Å²) in [7, 11) is 3.11. The third-order valence-corrected chi connectivity index (χ3v) is 4.90. The number of methoxy groups -OCH3 is 2. The molecule has 3 rings (SSSR count). The first-order valence-corrected chi connectivity index (χ1v) is 9.26. The van der Waals surface area contributed by atoms with Crippen LogP contribution in [0.4, 0.5) is 0 Å². The van der Waals surface area contributed by atoms with Crippen molar-refractivity contribution < 1.29 is 24.1 Å². The largest absolute Gasteiger partial charge is 0.496 e. The summed E-state index contributed by atoms with van der Waals surface area (Å²) in [6, 6.07) is 10.4. The molecule has 2 atom stereocenters. The number of nitrogens with one attached hydrogen (secondary N) is 1. The Morgan fingerprint density at radius 1 is 1.10 bits per heavy atom. The van der Waals surface area contributed by atoms with Crippen LogP contribution in [0.15, 0.2) is 36.4 Å². The van der Waals surface area contributed by atoms with Gasteiger partial charge in [-0.1, -0.05) is 6.07 Å². The molecular weight excluding hydrogens is 396 g/mol. The summed E-state index contributed by atoms with van der Waals surface area (Å²) < 4.78 is 16.8.